The average Bonchev–Trinajstić information content (AvgIpc) is 3.18. The third kappa shape index (κ3) is 4.49. The maximum atomic E-state index is 13.4. The zero-order chi connectivity index (χ0) is 23.5. The van der Waals surface area contributed by atoms with Crippen LogP contribution in [0.4, 0.5) is 0 Å². The standard InChI is InChI=1S/C26H32N2O5/c1-17-9-11-27(12-10-17)24(29)15-21(28-16-18-7-5-6-8-20(18)26(28)30)19-13-22(31-2)25(33-4)23(14-19)32-3/h5-8,13-14,17,21H,9-12,15-16H2,1-4H3/t21-/m1/s1. The SMILES string of the molecule is COc1cc([C@@H](CC(=O)N2CCC(C)CC2)N2Cc3ccccc3C2=O)cc(OC)c1OC. The van der Waals surface area contributed by atoms with Gasteiger partial charge >= 0.3 is 0 Å². The Balaban J connectivity index is 1.71. The maximum absolute atomic E-state index is 13.4. The number of hydrogen-bond acceptors (Lipinski definition) is 5. The topological polar surface area (TPSA) is 68.3 Å². The van der Waals surface area contributed by atoms with Crippen LogP contribution < -0.4 is 14.2 Å². The molecule has 176 valence electrons. The molecule has 33 heavy (non-hydrogen) atoms. The van der Waals surface area contributed by atoms with Gasteiger partial charge in [-0.05, 0) is 48.1 Å². The number of benzene rings is 2. The normalized spacial score (nSPS) is 17.0. The van der Waals surface area contributed by atoms with E-state index in [4.69, 9.17) is 14.2 Å². The molecule has 0 aromatic heterocycles. The van der Waals surface area contributed by atoms with Gasteiger partial charge in [0.2, 0.25) is 11.7 Å². The van der Waals surface area contributed by atoms with Gasteiger partial charge in [-0.25, -0.2) is 0 Å². The fourth-order valence-corrected chi connectivity index (χ4v) is 4.78. The van der Waals surface area contributed by atoms with Crippen molar-refractivity contribution in [1.82, 2.24) is 9.80 Å². The fourth-order valence-electron chi connectivity index (χ4n) is 4.78. The van der Waals surface area contributed by atoms with Crippen molar-refractivity contribution in [2.75, 3.05) is 34.4 Å². The molecule has 0 radical (unpaired) electrons. The number of nitrogens with zero attached hydrogens (tertiary/aromatic N) is 2. The van der Waals surface area contributed by atoms with Gasteiger partial charge in [0.25, 0.3) is 5.91 Å². The van der Waals surface area contributed by atoms with Crippen LogP contribution in [0.15, 0.2) is 36.4 Å². The lowest BCUT2D eigenvalue weighted by molar-refractivity contribution is -0.133. The molecule has 2 aromatic rings. The van der Waals surface area contributed by atoms with Crippen molar-refractivity contribution >= 4 is 11.8 Å². The van der Waals surface area contributed by atoms with Gasteiger partial charge in [-0.15, -0.1) is 0 Å². The minimum absolute atomic E-state index is 0.0596. The molecule has 2 aromatic carbocycles. The maximum Gasteiger partial charge on any atom is 0.255 e. The molecule has 0 unspecified atom stereocenters. The number of piperidine rings is 1. The van der Waals surface area contributed by atoms with E-state index in [1.807, 2.05) is 41.3 Å². The number of methoxy groups -OCH3 is 3. The van der Waals surface area contributed by atoms with Gasteiger partial charge in [0.1, 0.15) is 0 Å². The number of hydrogen-bond donors (Lipinski definition) is 0. The van der Waals surface area contributed by atoms with Crippen LogP contribution in [0, 0.1) is 5.92 Å². The van der Waals surface area contributed by atoms with Gasteiger partial charge in [0, 0.05) is 25.2 Å². The summed E-state index contributed by atoms with van der Waals surface area (Å²) < 4.78 is 16.6. The van der Waals surface area contributed by atoms with Crippen LogP contribution in [0.25, 0.3) is 0 Å². The van der Waals surface area contributed by atoms with Crippen LogP contribution >= 0.6 is 0 Å². The van der Waals surface area contributed by atoms with E-state index >= 15 is 0 Å². The summed E-state index contributed by atoms with van der Waals surface area (Å²) >= 11 is 0. The lowest BCUT2D eigenvalue weighted by Gasteiger charge is -2.34. The Morgan fingerprint density at radius 1 is 1.03 bits per heavy atom. The summed E-state index contributed by atoms with van der Waals surface area (Å²) in [6, 6.07) is 10.8. The first-order chi connectivity index (χ1) is 16.0. The smallest absolute Gasteiger partial charge is 0.255 e. The molecule has 1 fully saturated rings. The molecule has 2 aliphatic heterocycles. The number of carbonyl (C=O) groups excluding carboxylic acids is 2. The average molecular weight is 453 g/mol. The van der Waals surface area contributed by atoms with E-state index in [9.17, 15) is 9.59 Å². The van der Waals surface area contributed by atoms with Crippen molar-refractivity contribution in [3.63, 3.8) is 0 Å². The highest BCUT2D eigenvalue weighted by atomic mass is 16.5. The van der Waals surface area contributed by atoms with Crippen molar-refractivity contribution in [3.8, 4) is 17.2 Å². The summed E-state index contributed by atoms with van der Waals surface area (Å²) in [5.74, 6) is 2.11. The number of rotatable bonds is 7. The highest BCUT2D eigenvalue weighted by Gasteiger charge is 2.36. The summed E-state index contributed by atoms with van der Waals surface area (Å²) in [6.07, 6.45) is 2.22. The van der Waals surface area contributed by atoms with E-state index in [-0.39, 0.29) is 18.2 Å². The Kier molecular flexibility index (Phi) is 6.77. The second-order valence-electron chi connectivity index (χ2n) is 8.83. The van der Waals surface area contributed by atoms with Gasteiger partial charge in [0.15, 0.2) is 11.5 Å². The highest BCUT2D eigenvalue weighted by molar-refractivity contribution is 5.99. The summed E-state index contributed by atoms with van der Waals surface area (Å²) in [7, 11) is 4.68. The van der Waals surface area contributed by atoms with E-state index in [0.29, 0.717) is 35.3 Å². The molecule has 0 aliphatic carbocycles. The first kappa shape index (κ1) is 23.0. The van der Waals surface area contributed by atoms with Crippen LogP contribution in [0.3, 0.4) is 0 Å². The Morgan fingerprint density at radius 3 is 2.24 bits per heavy atom. The number of carbonyl (C=O) groups is 2. The van der Waals surface area contributed by atoms with Crippen LogP contribution in [-0.4, -0.2) is 56.0 Å². The molecule has 0 spiro atoms. The molecule has 1 saturated heterocycles. The zero-order valence-electron chi connectivity index (χ0n) is 19.8. The predicted octanol–water partition coefficient (Wildman–Crippen LogP) is 4.06. The molecule has 7 heteroatoms. The van der Waals surface area contributed by atoms with Crippen molar-refractivity contribution in [2.24, 2.45) is 5.92 Å². The molecule has 7 nitrogen and oxygen atoms in total. The number of fused-ring (bicyclic) bond motifs is 1. The molecule has 1 atom stereocenters. The molecule has 2 aliphatic rings. The fraction of sp³-hybridized carbons (Fsp3) is 0.462. The van der Waals surface area contributed by atoms with Gasteiger partial charge < -0.3 is 24.0 Å². The monoisotopic (exact) mass is 452 g/mol. The third-order valence-corrected chi connectivity index (χ3v) is 6.80. The lowest BCUT2D eigenvalue weighted by Crippen LogP contribution is -2.40. The first-order valence-electron chi connectivity index (χ1n) is 11.4. The zero-order valence-corrected chi connectivity index (χ0v) is 19.8. The van der Waals surface area contributed by atoms with E-state index in [2.05, 4.69) is 6.92 Å². The number of ether oxygens (including phenoxy) is 3. The minimum Gasteiger partial charge on any atom is -0.493 e. The Hall–Kier alpha value is -3.22. The number of likely N-dealkylation sites (tertiary alicyclic amines) is 1. The lowest BCUT2D eigenvalue weighted by atomic mass is 9.96. The van der Waals surface area contributed by atoms with Gasteiger partial charge in [-0.3, -0.25) is 9.59 Å². The second-order valence-corrected chi connectivity index (χ2v) is 8.83. The summed E-state index contributed by atoms with van der Waals surface area (Å²) in [5, 5.41) is 0. The molecule has 0 N–H and O–H groups in total. The molecular weight excluding hydrogens is 420 g/mol. The molecular formula is C26H32N2O5. The largest absolute Gasteiger partial charge is 0.493 e. The molecule has 0 bridgehead atoms. The Morgan fingerprint density at radius 2 is 1.67 bits per heavy atom. The van der Waals surface area contributed by atoms with Crippen LogP contribution in [0.1, 0.15) is 53.7 Å². The summed E-state index contributed by atoms with van der Waals surface area (Å²) in [4.78, 5) is 30.4. The second kappa shape index (κ2) is 9.73. The first-order valence-corrected chi connectivity index (χ1v) is 11.4. The van der Waals surface area contributed by atoms with E-state index in [1.54, 1.807) is 26.2 Å². The minimum atomic E-state index is -0.453. The van der Waals surface area contributed by atoms with E-state index in [1.165, 1.54) is 0 Å². The van der Waals surface area contributed by atoms with Crippen molar-refractivity contribution in [3.05, 3.63) is 53.1 Å². The quantitative estimate of drug-likeness (QED) is 0.634. The predicted molar refractivity (Wildman–Crippen MR) is 125 cm³/mol. The van der Waals surface area contributed by atoms with Crippen molar-refractivity contribution in [1.29, 1.82) is 0 Å². The number of amides is 2. The Bertz CT molecular complexity index is 1000. The summed E-state index contributed by atoms with van der Waals surface area (Å²) in [5.41, 5.74) is 2.44. The van der Waals surface area contributed by atoms with Crippen LogP contribution in [0.5, 0.6) is 17.2 Å². The van der Waals surface area contributed by atoms with E-state index < -0.39 is 6.04 Å². The third-order valence-electron chi connectivity index (χ3n) is 6.80. The highest BCUT2D eigenvalue weighted by Crippen LogP contribution is 2.43. The van der Waals surface area contributed by atoms with Crippen molar-refractivity contribution in [2.45, 2.75) is 38.8 Å². The van der Waals surface area contributed by atoms with Crippen molar-refractivity contribution < 1.29 is 23.8 Å². The van der Waals surface area contributed by atoms with Gasteiger partial charge in [-0.1, -0.05) is 25.1 Å². The Labute approximate surface area is 195 Å². The molecule has 0 saturated carbocycles. The molecule has 2 amide bonds. The van der Waals surface area contributed by atoms with Crippen LogP contribution in [0.2, 0.25) is 0 Å². The summed E-state index contributed by atoms with van der Waals surface area (Å²) in [6.45, 7) is 4.20. The molecule has 2 heterocycles. The van der Waals surface area contributed by atoms with Gasteiger partial charge in [-0.2, -0.15) is 0 Å². The van der Waals surface area contributed by atoms with Crippen LogP contribution in [-0.2, 0) is 11.3 Å². The van der Waals surface area contributed by atoms with Gasteiger partial charge in [0.05, 0.1) is 33.8 Å². The molecule has 4 rings (SSSR count). The van der Waals surface area contributed by atoms with E-state index in [0.717, 1.165) is 37.1 Å².